The van der Waals surface area contributed by atoms with Gasteiger partial charge in [0.25, 0.3) is 0 Å². The van der Waals surface area contributed by atoms with Crippen molar-refractivity contribution in [3.05, 3.63) is 11.1 Å². The summed E-state index contributed by atoms with van der Waals surface area (Å²) in [7, 11) is 0. The molecule has 1 fully saturated rings. The average molecular weight is 258 g/mol. The highest BCUT2D eigenvalue weighted by molar-refractivity contribution is 7.99. The van der Waals surface area contributed by atoms with E-state index < -0.39 is 5.97 Å². The van der Waals surface area contributed by atoms with Crippen molar-refractivity contribution in [2.24, 2.45) is 5.92 Å². The topological polar surface area (TPSA) is 62.2 Å². The van der Waals surface area contributed by atoms with E-state index in [1.807, 2.05) is 11.8 Å². The SMILES string of the molecule is O=C(O)c1cnc(NCC2CCSCC2)s1. The van der Waals surface area contributed by atoms with Gasteiger partial charge in [-0.3, -0.25) is 0 Å². The van der Waals surface area contributed by atoms with Gasteiger partial charge in [-0.2, -0.15) is 11.8 Å². The second-order valence-corrected chi connectivity index (χ2v) is 6.03. The summed E-state index contributed by atoms with van der Waals surface area (Å²) in [6.07, 6.45) is 3.90. The molecule has 2 heterocycles. The van der Waals surface area contributed by atoms with Crippen molar-refractivity contribution in [3.8, 4) is 0 Å². The summed E-state index contributed by atoms with van der Waals surface area (Å²) >= 11 is 3.21. The fraction of sp³-hybridized carbons (Fsp3) is 0.600. The molecule has 0 spiro atoms. The molecule has 1 aromatic rings. The molecule has 1 aromatic heterocycles. The molecular weight excluding hydrogens is 244 g/mol. The smallest absolute Gasteiger partial charge is 0.347 e. The summed E-state index contributed by atoms with van der Waals surface area (Å²) in [5, 5.41) is 12.7. The first-order chi connectivity index (χ1) is 7.75. The van der Waals surface area contributed by atoms with Crippen molar-refractivity contribution in [2.75, 3.05) is 23.4 Å². The average Bonchev–Trinajstić information content (AvgIpc) is 2.76. The van der Waals surface area contributed by atoms with Crippen molar-refractivity contribution in [2.45, 2.75) is 12.8 Å². The van der Waals surface area contributed by atoms with Gasteiger partial charge in [-0.1, -0.05) is 11.3 Å². The van der Waals surface area contributed by atoms with E-state index in [4.69, 9.17) is 5.11 Å². The zero-order valence-electron chi connectivity index (χ0n) is 8.81. The van der Waals surface area contributed by atoms with Crippen LogP contribution >= 0.6 is 23.1 Å². The first-order valence-corrected chi connectivity index (χ1v) is 7.23. The lowest BCUT2D eigenvalue weighted by Crippen LogP contribution is -2.18. The summed E-state index contributed by atoms with van der Waals surface area (Å²) in [5.74, 6) is 2.29. The predicted molar refractivity (Wildman–Crippen MR) is 67.6 cm³/mol. The molecule has 88 valence electrons. The third-order valence-corrected chi connectivity index (χ3v) is 4.59. The Morgan fingerprint density at radius 1 is 1.56 bits per heavy atom. The van der Waals surface area contributed by atoms with E-state index in [1.165, 1.54) is 41.9 Å². The van der Waals surface area contributed by atoms with Gasteiger partial charge in [0.1, 0.15) is 4.88 Å². The van der Waals surface area contributed by atoms with Crippen LogP contribution < -0.4 is 5.32 Å². The van der Waals surface area contributed by atoms with Crippen LogP contribution in [-0.2, 0) is 0 Å². The number of aromatic nitrogens is 1. The molecule has 2 rings (SSSR count). The number of rotatable bonds is 4. The highest BCUT2D eigenvalue weighted by atomic mass is 32.2. The fourth-order valence-corrected chi connectivity index (χ4v) is 3.50. The molecule has 0 atom stereocenters. The van der Waals surface area contributed by atoms with Gasteiger partial charge in [0.05, 0.1) is 6.20 Å². The molecule has 4 nitrogen and oxygen atoms in total. The Balaban J connectivity index is 1.81. The Bertz CT molecular complexity index is 361. The van der Waals surface area contributed by atoms with E-state index in [9.17, 15) is 4.79 Å². The van der Waals surface area contributed by atoms with Crippen LogP contribution in [0, 0.1) is 5.92 Å². The monoisotopic (exact) mass is 258 g/mol. The maximum absolute atomic E-state index is 10.7. The van der Waals surface area contributed by atoms with Gasteiger partial charge in [-0.15, -0.1) is 0 Å². The van der Waals surface area contributed by atoms with Gasteiger partial charge in [-0.25, -0.2) is 9.78 Å². The predicted octanol–water partition coefficient (Wildman–Crippen LogP) is 2.40. The zero-order valence-corrected chi connectivity index (χ0v) is 10.4. The maximum atomic E-state index is 10.7. The number of carboxylic acids is 1. The largest absolute Gasteiger partial charge is 0.477 e. The lowest BCUT2D eigenvalue weighted by atomic mass is 10.0. The van der Waals surface area contributed by atoms with Crippen LogP contribution in [0.1, 0.15) is 22.5 Å². The fourth-order valence-electron chi connectivity index (χ4n) is 1.64. The third kappa shape index (κ3) is 3.12. The van der Waals surface area contributed by atoms with E-state index in [0.29, 0.717) is 10.8 Å². The molecule has 2 N–H and O–H groups in total. The van der Waals surface area contributed by atoms with Crippen LogP contribution in [0.4, 0.5) is 5.13 Å². The maximum Gasteiger partial charge on any atom is 0.347 e. The molecule has 6 heteroatoms. The van der Waals surface area contributed by atoms with Crippen LogP contribution in [0.3, 0.4) is 0 Å². The van der Waals surface area contributed by atoms with Gasteiger partial charge in [0.2, 0.25) is 0 Å². The molecule has 0 aliphatic carbocycles. The second kappa shape index (κ2) is 5.54. The van der Waals surface area contributed by atoms with Crippen molar-refractivity contribution in [1.82, 2.24) is 4.98 Å². The minimum Gasteiger partial charge on any atom is -0.477 e. The Kier molecular flexibility index (Phi) is 4.06. The molecule has 0 bridgehead atoms. The second-order valence-electron chi connectivity index (χ2n) is 3.77. The quantitative estimate of drug-likeness (QED) is 0.868. The number of nitrogens with zero attached hydrogens (tertiary/aromatic N) is 1. The van der Waals surface area contributed by atoms with Gasteiger partial charge >= 0.3 is 5.97 Å². The van der Waals surface area contributed by atoms with Crippen molar-refractivity contribution in [1.29, 1.82) is 0 Å². The van der Waals surface area contributed by atoms with E-state index in [1.54, 1.807) is 0 Å². The number of aromatic carboxylic acids is 1. The first kappa shape index (κ1) is 11.7. The molecule has 1 aliphatic rings. The number of carboxylic acid groups (broad SMARTS) is 1. The highest BCUT2D eigenvalue weighted by Crippen LogP contribution is 2.24. The lowest BCUT2D eigenvalue weighted by molar-refractivity contribution is 0.0702. The van der Waals surface area contributed by atoms with Crippen LogP contribution in [-0.4, -0.2) is 34.1 Å². The van der Waals surface area contributed by atoms with E-state index in [-0.39, 0.29) is 0 Å². The first-order valence-electron chi connectivity index (χ1n) is 5.26. The number of hydrogen-bond acceptors (Lipinski definition) is 5. The Morgan fingerprint density at radius 2 is 2.31 bits per heavy atom. The zero-order chi connectivity index (χ0) is 11.4. The molecule has 0 saturated carbocycles. The van der Waals surface area contributed by atoms with Crippen molar-refractivity contribution in [3.63, 3.8) is 0 Å². The molecule has 0 aromatic carbocycles. The number of hydrogen-bond donors (Lipinski definition) is 2. The minimum atomic E-state index is -0.903. The number of thioether (sulfide) groups is 1. The van der Waals surface area contributed by atoms with Crippen LogP contribution in [0.2, 0.25) is 0 Å². The molecule has 0 unspecified atom stereocenters. The van der Waals surface area contributed by atoms with E-state index in [0.717, 1.165) is 11.7 Å². The normalized spacial score (nSPS) is 17.2. The van der Waals surface area contributed by atoms with Gasteiger partial charge in [0, 0.05) is 6.54 Å². The van der Waals surface area contributed by atoms with Gasteiger partial charge in [-0.05, 0) is 30.3 Å². The lowest BCUT2D eigenvalue weighted by Gasteiger charge is -2.21. The molecule has 1 saturated heterocycles. The van der Waals surface area contributed by atoms with Gasteiger partial charge < -0.3 is 10.4 Å². The molecule has 16 heavy (non-hydrogen) atoms. The van der Waals surface area contributed by atoms with Crippen molar-refractivity contribution < 1.29 is 9.90 Å². The summed E-state index contributed by atoms with van der Waals surface area (Å²) in [5.41, 5.74) is 0. The van der Waals surface area contributed by atoms with E-state index >= 15 is 0 Å². The number of nitrogens with one attached hydrogen (secondary N) is 1. The van der Waals surface area contributed by atoms with Gasteiger partial charge in [0.15, 0.2) is 5.13 Å². The molecule has 0 amide bonds. The Morgan fingerprint density at radius 3 is 2.94 bits per heavy atom. The summed E-state index contributed by atoms with van der Waals surface area (Å²) in [4.78, 5) is 15.0. The number of thiazole rings is 1. The third-order valence-electron chi connectivity index (χ3n) is 2.60. The molecular formula is C10H14N2O2S2. The highest BCUT2D eigenvalue weighted by Gasteiger charge is 2.14. The molecule has 1 aliphatic heterocycles. The summed E-state index contributed by atoms with van der Waals surface area (Å²) in [6.45, 7) is 0.910. The van der Waals surface area contributed by atoms with Crippen LogP contribution in [0.5, 0.6) is 0 Å². The van der Waals surface area contributed by atoms with E-state index in [2.05, 4.69) is 10.3 Å². The van der Waals surface area contributed by atoms with Crippen molar-refractivity contribution >= 4 is 34.2 Å². The number of anilines is 1. The standard InChI is InChI=1S/C10H14N2O2S2/c13-9(14)8-6-12-10(16-8)11-5-7-1-3-15-4-2-7/h6-7H,1-5H2,(H,11,12)(H,13,14). The Hall–Kier alpha value is -0.750. The Labute approximate surface area is 102 Å². The van der Waals surface area contributed by atoms with Crippen LogP contribution in [0.15, 0.2) is 6.20 Å². The minimum absolute atomic E-state index is 0.293. The summed E-state index contributed by atoms with van der Waals surface area (Å²) in [6, 6.07) is 0. The van der Waals surface area contributed by atoms with Crippen LogP contribution in [0.25, 0.3) is 0 Å². The number of carbonyl (C=O) groups is 1. The molecule has 0 radical (unpaired) electrons. The summed E-state index contributed by atoms with van der Waals surface area (Å²) < 4.78 is 0.